The van der Waals surface area contributed by atoms with Gasteiger partial charge in [0.05, 0.1) is 23.1 Å². The zero-order valence-corrected chi connectivity index (χ0v) is 16.3. The van der Waals surface area contributed by atoms with Gasteiger partial charge in [-0.3, -0.25) is 15.0 Å². The summed E-state index contributed by atoms with van der Waals surface area (Å²) in [5.41, 5.74) is 2.34. The number of piperidine rings is 1. The maximum Gasteiger partial charge on any atom is 0.260 e. The number of likely N-dealkylation sites (tertiary alicyclic amines) is 1. The number of benzene rings is 1. The fourth-order valence-corrected chi connectivity index (χ4v) is 3.95. The minimum atomic E-state index is -0.214. The molecule has 1 aliphatic rings. The van der Waals surface area contributed by atoms with Crippen LogP contribution in [0.1, 0.15) is 35.3 Å². The normalized spacial score (nSPS) is 15.0. The van der Waals surface area contributed by atoms with Crippen LogP contribution >= 0.6 is 22.9 Å². The first kappa shape index (κ1) is 18.2. The lowest BCUT2D eigenvalue weighted by molar-refractivity contribution is 0.102. The summed E-state index contributed by atoms with van der Waals surface area (Å²) in [7, 11) is 0. The van der Waals surface area contributed by atoms with Crippen LogP contribution in [-0.2, 0) is 6.54 Å². The number of anilines is 1. The number of hydrogen-bond donors (Lipinski definition) is 1. The molecular weight excluding hydrogens is 382 g/mol. The molecule has 0 aliphatic carbocycles. The number of aromatic nitrogens is 3. The molecule has 1 fully saturated rings. The Balaban J connectivity index is 1.38. The van der Waals surface area contributed by atoms with Gasteiger partial charge in [-0.2, -0.15) is 5.10 Å². The van der Waals surface area contributed by atoms with Gasteiger partial charge in [-0.05, 0) is 50.2 Å². The van der Waals surface area contributed by atoms with Gasteiger partial charge in [0.25, 0.3) is 5.91 Å². The van der Waals surface area contributed by atoms with Crippen molar-refractivity contribution in [3.63, 3.8) is 0 Å². The van der Waals surface area contributed by atoms with Gasteiger partial charge in [-0.25, -0.2) is 9.67 Å². The highest BCUT2D eigenvalue weighted by molar-refractivity contribution is 7.13. The summed E-state index contributed by atoms with van der Waals surface area (Å²) in [6, 6.07) is 7.28. The first-order chi connectivity index (χ1) is 13.2. The Kier molecular flexibility index (Phi) is 5.52. The third kappa shape index (κ3) is 4.55. The van der Waals surface area contributed by atoms with E-state index < -0.39 is 0 Å². The van der Waals surface area contributed by atoms with E-state index in [1.807, 2.05) is 17.5 Å². The van der Waals surface area contributed by atoms with Crippen LogP contribution in [0.5, 0.6) is 0 Å². The lowest BCUT2D eigenvalue weighted by Gasteiger charge is -2.25. The summed E-state index contributed by atoms with van der Waals surface area (Å²) in [6.07, 6.45) is 7.07. The fourth-order valence-electron chi connectivity index (χ4n) is 3.13. The highest BCUT2D eigenvalue weighted by Gasteiger charge is 2.15. The number of carbonyl (C=O) groups is 1. The van der Waals surface area contributed by atoms with E-state index in [9.17, 15) is 4.79 Å². The van der Waals surface area contributed by atoms with E-state index in [0.717, 1.165) is 31.0 Å². The van der Waals surface area contributed by atoms with Crippen LogP contribution in [-0.4, -0.2) is 38.7 Å². The lowest BCUT2D eigenvalue weighted by atomic mass is 10.1. The number of carbonyl (C=O) groups excluding carboxylic acids is 1. The van der Waals surface area contributed by atoms with Crippen molar-refractivity contribution in [1.82, 2.24) is 19.7 Å². The van der Waals surface area contributed by atoms with Crippen molar-refractivity contribution in [2.45, 2.75) is 25.8 Å². The zero-order chi connectivity index (χ0) is 18.6. The molecule has 0 unspecified atom stereocenters. The van der Waals surface area contributed by atoms with Crippen molar-refractivity contribution < 1.29 is 4.79 Å². The fraction of sp³-hybridized carbons (Fsp3) is 0.316. The SMILES string of the molecule is O=C(Nc1nc(CN2CCCCC2)cs1)c1cnn(-c2ccc(Cl)cc2)c1. The molecule has 3 aromatic rings. The molecular formula is C19H20ClN5OS. The molecule has 3 heterocycles. The predicted octanol–water partition coefficient (Wildman–Crippen LogP) is 4.22. The van der Waals surface area contributed by atoms with Gasteiger partial charge in [0.15, 0.2) is 5.13 Å². The third-order valence-corrected chi connectivity index (χ3v) is 5.60. The molecule has 2 aromatic heterocycles. The summed E-state index contributed by atoms with van der Waals surface area (Å²) in [5.74, 6) is -0.214. The summed E-state index contributed by atoms with van der Waals surface area (Å²) in [4.78, 5) is 19.4. The number of rotatable bonds is 5. The Morgan fingerprint density at radius 3 is 2.74 bits per heavy atom. The smallest absolute Gasteiger partial charge is 0.260 e. The molecule has 6 nitrogen and oxygen atoms in total. The van der Waals surface area contributed by atoms with Crippen molar-refractivity contribution in [2.24, 2.45) is 0 Å². The Labute approximate surface area is 166 Å². The molecule has 1 saturated heterocycles. The van der Waals surface area contributed by atoms with Crippen molar-refractivity contribution in [2.75, 3.05) is 18.4 Å². The molecule has 27 heavy (non-hydrogen) atoms. The van der Waals surface area contributed by atoms with Crippen LogP contribution < -0.4 is 5.32 Å². The standard InChI is InChI=1S/C19H20ClN5OS/c20-15-4-6-17(7-5-15)25-11-14(10-21-25)18(26)23-19-22-16(13-27-19)12-24-8-2-1-3-9-24/h4-7,10-11,13H,1-3,8-9,12H2,(H,22,23,26). The largest absolute Gasteiger partial charge is 0.298 e. The quantitative estimate of drug-likeness (QED) is 0.695. The Bertz CT molecular complexity index is 914. The third-order valence-electron chi connectivity index (χ3n) is 4.54. The van der Waals surface area contributed by atoms with E-state index in [1.54, 1.807) is 29.2 Å². The number of thiazole rings is 1. The molecule has 0 saturated carbocycles. The molecule has 1 N–H and O–H groups in total. The predicted molar refractivity (Wildman–Crippen MR) is 108 cm³/mol. The second-order valence-electron chi connectivity index (χ2n) is 6.58. The van der Waals surface area contributed by atoms with Crippen molar-refractivity contribution in [3.05, 3.63) is 58.3 Å². The van der Waals surface area contributed by atoms with Gasteiger partial charge >= 0.3 is 0 Å². The average molecular weight is 402 g/mol. The van der Waals surface area contributed by atoms with E-state index in [4.69, 9.17) is 11.6 Å². The second-order valence-corrected chi connectivity index (χ2v) is 7.88. The second kappa shape index (κ2) is 8.21. The van der Waals surface area contributed by atoms with Crippen LogP contribution in [0.15, 0.2) is 42.0 Å². The van der Waals surface area contributed by atoms with Gasteiger partial charge in [-0.1, -0.05) is 18.0 Å². The minimum Gasteiger partial charge on any atom is -0.298 e. The van der Waals surface area contributed by atoms with Gasteiger partial charge in [-0.15, -0.1) is 11.3 Å². The van der Waals surface area contributed by atoms with Crippen molar-refractivity contribution >= 4 is 34.0 Å². The zero-order valence-electron chi connectivity index (χ0n) is 14.8. The molecule has 0 atom stereocenters. The maximum atomic E-state index is 12.5. The van der Waals surface area contributed by atoms with E-state index in [-0.39, 0.29) is 5.91 Å². The van der Waals surface area contributed by atoms with Crippen LogP contribution in [0.2, 0.25) is 5.02 Å². The molecule has 1 aliphatic heterocycles. The van der Waals surface area contributed by atoms with Crippen LogP contribution in [0.4, 0.5) is 5.13 Å². The summed E-state index contributed by atoms with van der Waals surface area (Å²) < 4.78 is 1.65. The first-order valence-corrected chi connectivity index (χ1v) is 10.2. The minimum absolute atomic E-state index is 0.214. The molecule has 140 valence electrons. The Morgan fingerprint density at radius 2 is 1.96 bits per heavy atom. The Hall–Kier alpha value is -2.22. The van der Waals surface area contributed by atoms with Gasteiger partial charge in [0.1, 0.15) is 0 Å². The summed E-state index contributed by atoms with van der Waals surface area (Å²) >= 11 is 7.36. The molecule has 4 rings (SSSR count). The highest BCUT2D eigenvalue weighted by atomic mass is 35.5. The van der Waals surface area contributed by atoms with Crippen LogP contribution in [0.3, 0.4) is 0 Å². The molecule has 1 amide bonds. The number of hydrogen-bond acceptors (Lipinski definition) is 5. The van der Waals surface area contributed by atoms with E-state index in [0.29, 0.717) is 15.7 Å². The molecule has 1 aromatic carbocycles. The lowest BCUT2D eigenvalue weighted by Crippen LogP contribution is -2.29. The van der Waals surface area contributed by atoms with Crippen LogP contribution in [0.25, 0.3) is 5.69 Å². The first-order valence-electron chi connectivity index (χ1n) is 8.96. The summed E-state index contributed by atoms with van der Waals surface area (Å²) in [5, 5.41) is 10.4. The molecule has 0 spiro atoms. The monoisotopic (exact) mass is 401 g/mol. The van der Waals surface area contributed by atoms with Gasteiger partial charge in [0, 0.05) is 23.1 Å². The summed E-state index contributed by atoms with van der Waals surface area (Å²) in [6.45, 7) is 3.10. The number of amides is 1. The van der Waals surface area contributed by atoms with Crippen LogP contribution in [0, 0.1) is 0 Å². The van der Waals surface area contributed by atoms with E-state index >= 15 is 0 Å². The number of halogens is 1. The topological polar surface area (TPSA) is 63.1 Å². The van der Waals surface area contributed by atoms with Gasteiger partial charge in [0.2, 0.25) is 0 Å². The molecule has 0 radical (unpaired) electrons. The van der Waals surface area contributed by atoms with E-state index in [1.165, 1.54) is 30.6 Å². The number of nitrogens with one attached hydrogen (secondary N) is 1. The van der Waals surface area contributed by atoms with Crippen molar-refractivity contribution in [3.8, 4) is 5.69 Å². The van der Waals surface area contributed by atoms with Crippen molar-refractivity contribution in [1.29, 1.82) is 0 Å². The molecule has 0 bridgehead atoms. The van der Waals surface area contributed by atoms with E-state index in [2.05, 4.69) is 20.3 Å². The maximum absolute atomic E-state index is 12.5. The molecule has 8 heteroatoms. The average Bonchev–Trinajstić information content (AvgIpc) is 3.33. The van der Waals surface area contributed by atoms with Gasteiger partial charge < -0.3 is 0 Å². The highest BCUT2D eigenvalue weighted by Crippen LogP contribution is 2.20. The Morgan fingerprint density at radius 1 is 1.19 bits per heavy atom. The number of nitrogens with zero attached hydrogens (tertiary/aromatic N) is 4.